The number of rotatable bonds is 25. The topological polar surface area (TPSA) is 327 Å². The van der Waals surface area contributed by atoms with Crippen LogP contribution in [0.2, 0.25) is 0 Å². The van der Waals surface area contributed by atoms with E-state index in [-0.39, 0.29) is 17.8 Å². The minimum absolute atomic E-state index is 0.00268. The number of para-hydroxylation sites is 6. The molecule has 1 fully saturated rings. The number of unbranched alkanes of at least 4 members (excludes halogenated alkanes) is 3. The average molecular weight is 1350 g/mol. The number of benzene rings is 5. The number of nitrogens with two attached hydrogens (primary N) is 3. The molecule has 0 atom stereocenters. The number of ether oxygens (including phenoxy) is 3. The predicted octanol–water partition coefficient (Wildman–Crippen LogP) is 10.6. The molecule has 9 heterocycles. The third kappa shape index (κ3) is 15.9. The zero-order chi connectivity index (χ0) is 69.3. The molecule has 4 amide bonds. The first kappa shape index (κ1) is 68.9. The Bertz CT molecular complexity index is 4800. The lowest BCUT2D eigenvalue weighted by Gasteiger charge is -2.26. The van der Waals surface area contributed by atoms with E-state index >= 15 is 0 Å². The van der Waals surface area contributed by atoms with Gasteiger partial charge in [-0.25, -0.2) is 39.7 Å². The molecule has 8 aromatic heterocycles. The number of imidazole rings is 3. The molecule has 0 bridgehead atoms. The van der Waals surface area contributed by atoms with Crippen LogP contribution in [0.15, 0.2) is 140 Å². The number of morpholine rings is 1. The number of nitrogen functional groups attached to an aromatic ring is 3. The van der Waals surface area contributed by atoms with E-state index in [9.17, 15) is 14.4 Å². The van der Waals surface area contributed by atoms with Crippen LogP contribution in [0.3, 0.4) is 0 Å². The molecule has 14 rings (SSSR count). The van der Waals surface area contributed by atoms with Gasteiger partial charge in [0.1, 0.15) is 39.7 Å². The zero-order valence-electron chi connectivity index (χ0n) is 56.8. The van der Waals surface area contributed by atoms with Gasteiger partial charge in [-0.15, -0.1) is 0 Å². The van der Waals surface area contributed by atoms with Crippen molar-refractivity contribution in [3.63, 3.8) is 0 Å². The SMILES string of the molecule is CCCc1nc2c(N)nc3ccccc3c2n1CCCCNC(=O)N1CCOCC1.COCCc1nc2c(N)nc3ccccc3c2n1CCCCNC(=O)c1cnc2ccccc2c1.COCCc1nc2c(N)nc3ccccc3c2n1CCCCNC(=O)c1cnc2ccccc2n1. The van der Waals surface area contributed by atoms with E-state index < -0.39 is 0 Å². The number of carbonyl (C=O) groups is 3. The van der Waals surface area contributed by atoms with E-state index in [1.54, 1.807) is 20.4 Å². The van der Waals surface area contributed by atoms with E-state index in [4.69, 9.17) is 46.4 Å². The number of hydrogen-bond acceptors (Lipinski definition) is 18. The van der Waals surface area contributed by atoms with Gasteiger partial charge in [-0.3, -0.25) is 19.6 Å². The molecular formula is C75H85N19O6. The number of fused-ring (bicyclic) bond motifs is 11. The molecule has 0 saturated carbocycles. The van der Waals surface area contributed by atoms with Crippen LogP contribution < -0.4 is 33.2 Å². The molecule has 0 spiro atoms. The third-order valence-electron chi connectivity index (χ3n) is 17.7. The molecule has 100 heavy (non-hydrogen) atoms. The number of pyridine rings is 4. The molecule has 0 aliphatic carbocycles. The van der Waals surface area contributed by atoms with Crippen LogP contribution in [-0.2, 0) is 53.1 Å². The summed E-state index contributed by atoms with van der Waals surface area (Å²) in [5.41, 5.74) is 29.9. The number of hydrogen-bond donors (Lipinski definition) is 6. The van der Waals surface area contributed by atoms with Crippen molar-refractivity contribution in [1.82, 2.24) is 79.4 Å². The second kappa shape index (κ2) is 33.0. The lowest BCUT2D eigenvalue weighted by Crippen LogP contribution is -2.46. The van der Waals surface area contributed by atoms with Gasteiger partial charge < -0.3 is 66.0 Å². The van der Waals surface area contributed by atoms with Crippen LogP contribution in [0.1, 0.15) is 90.2 Å². The number of nitrogens with zero attached hydrogens (tertiary/aromatic N) is 13. The number of carbonyl (C=O) groups excluding carboxylic acids is 3. The van der Waals surface area contributed by atoms with E-state index in [1.807, 2.05) is 120 Å². The summed E-state index contributed by atoms with van der Waals surface area (Å²) in [6.07, 6.45) is 11.6. The van der Waals surface area contributed by atoms with Crippen molar-refractivity contribution in [2.45, 2.75) is 90.8 Å². The average Bonchev–Trinajstić information content (AvgIpc) is 1.60. The highest BCUT2D eigenvalue weighted by atomic mass is 16.5. The van der Waals surface area contributed by atoms with Gasteiger partial charge in [-0.1, -0.05) is 91.9 Å². The lowest BCUT2D eigenvalue weighted by molar-refractivity contribution is 0.0532. The summed E-state index contributed by atoms with van der Waals surface area (Å²) in [4.78, 5) is 80.3. The van der Waals surface area contributed by atoms with Gasteiger partial charge >= 0.3 is 6.03 Å². The van der Waals surface area contributed by atoms with E-state index in [0.29, 0.717) is 106 Å². The van der Waals surface area contributed by atoms with Crippen molar-refractivity contribution in [3.05, 3.63) is 169 Å². The first-order chi connectivity index (χ1) is 49.0. The summed E-state index contributed by atoms with van der Waals surface area (Å²) in [5.74, 6) is 3.92. The number of urea groups is 1. The Labute approximate surface area is 578 Å². The van der Waals surface area contributed by atoms with Gasteiger partial charge in [0.25, 0.3) is 11.8 Å². The summed E-state index contributed by atoms with van der Waals surface area (Å²) < 4.78 is 22.6. The number of aryl methyl sites for hydroxylation is 4. The lowest BCUT2D eigenvalue weighted by atomic mass is 10.1. The Balaban J connectivity index is 0.000000143. The molecule has 1 saturated heterocycles. The molecule has 9 N–H and O–H groups in total. The van der Waals surface area contributed by atoms with Crippen molar-refractivity contribution in [1.29, 1.82) is 0 Å². The smallest absolute Gasteiger partial charge is 0.317 e. The molecule has 1 aliphatic rings. The molecule has 0 radical (unpaired) electrons. The summed E-state index contributed by atoms with van der Waals surface area (Å²) in [7, 11) is 3.37. The third-order valence-corrected chi connectivity index (χ3v) is 17.7. The quantitative estimate of drug-likeness (QED) is 0.0290. The van der Waals surface area contributed by atoms with Gasteiger partial charge in [0.15, 0.2) is 17.5 Å². The predicted molar refractivity (Wildman–Crippen MR) is 393 cm³/mol. The maximum atomic E-state index is 12.6. The highest BCUT2D eigenvalue weighted by molar-refractivity contribution is 6.09. The number of nitrogens with one attached hydrogen (secondary N) is 3. The van der Waals surface area contributed by atoms with E-state index in [2.05, 4.69) is 78.6 Å². The monoisotopic (exact) mass is 1350 g/mol. The molecule has 1 aliphatic heterocycles. The van der Waals surface area contributed by atoms with E-state index in [1.165, 1.54) is 6.20 Å². The number of anilines is 3. The molecule has 13 aromatic rings. The van der Waals surface area contributed by atoms with Crippen molar-refractivity contribution >= 4 is 123 Å². The highest BCUT2D eigenvalue weighted by Crippen LogP contribution is 2.33. The molecule has 25 heteroatoms. The maximum Gasteiger partial charge on any atom is 0.317 e. The minimum Gasteiger partial charge on any atom is -0.384 e. The van der Waals surface area contributed by atoms with Gasteiger partial charge in [0, 0.05) is 114 Å². The van der Waals surface area contributed by atoms with Crippen LogP contribution >= 0.6 is 0 Å². The minimum atomic E-state index is -0.220. The van der Waals surface area contributed by atoms with Gasteiger partial charge in [-0.2, -0.15) is 0 Å². The summed E-state index contributed by atoms with van der Waals surface area (Å²) in [5, 5.41) is 13.1. The number of aromatic nitrogens is 12. The van der Waals surface area contributed by atoms with Gasteiger partial charge in [0.2, 0.25) is 0 Å². The van der Waals surface area contributed by atoms with Crippen molar-refractivity contribution < 1.29 is 28.6 Å². The first-order valence-corrected chi connectivity index (χ1v) is 34.3. The van der Waals surface area contributed by atoms with Crippen LogP contribution in [-0.4, -0.2) is 155 Å². The van der Waals surface area contributed by atoms with E-state index in [0.717, 1.165) is 171 Å². The maximum absolute atomic E-state index is 12.6. The Morgan fingerprint density at radius 1 is 0.470 bits per heavy atom. The Morgan fingerprint density at radius 2 is 0.890 bits per heavy atom. The summed E-state index contributed by atoms with van der Waals surface area (Å²) in [6.45, 7) is 9.99. The van der Waals surface area contributed by atoms with Crippen LogP contribution in [0.5, 0.6) is 0 Å². The zero-order valence-corrected chi connectivity index (χ0v) is 56.8. The molecule has 25 nitrogen and oxygen atoms in total. The second-order valence-electron chi connectivity index (χ2n) is 24.5. The fourth-order valence-corrected chi connectivity index (χ4v) is 12.7. The van der Waals surface area contributed by atoms with Crippen molar-refractivity contribution in [2.75, 3.05) is 90.6 Å². The summed E-state index contributed by atoms with van der Waals surface area (Å²) >= 11 is 0. The van der Waals surface area contributed by atoms with Crippen LogP contribution in [0.4, 0.5) is 22.2 Å². The molecule has 5 aromatic carbocycles. The molecular weight excluding hydrogens is 1260 g/mol. The van der Waals surface area contributed by atoms with Crippen LogP contribution in [0, 0.1) is 0 Å². The fraction of sp³-hybridized carbons (Fsp3) is 0.333. The molecule has 0 unspecified atom stereocenters. The van der Waals surface area contributed by atoms with Crippen molar-refractivity contribution in [3.8, 4) is 0 Å². The fourth-order valence-electron chi connectivity index (χ4n) is 12.7. The normalized spacial score (nSPS) is 12.4. The standard InChI is InChI=1S/C27H28N6O2.C26H27N7O2.C22H30N6O2/c1-35-15-12-23-32-24-25(20-9-3-5-11-22(20)31-26(24)28)33(23)14-7-6-13-29-27(34)19-16-18-8-2-4-10-21(18)30-17-19;1-35-15-12-22-32-23-24(17-8-2-3-9-18(17)31-25(23)27)33(22)14-7-6-13-28-26(34)21-16-29-19-10-4-5-11-20(19)30-21;1-2-7-18-26-19-20(16-8-3-4-9-17(16)25-21(19)23)28(18)11-6-5-10-24-22(29)27-12-14-30-15-13-27/h2-5,8-11,16-17H,6-7,12-15H2,1H3,(H2,28,31)(H,29,34);2-5,8-11,16H,6-7,12-15H2,1H3,(H2,27,31)(H,28,34);3-4,8-9H,2,5-7,10-15H2,1H3,(H2,23,25)(H,24,29). The Morgan fingerprint density at radius 3 is 1.38 bits per heavy atom. The molecule has 516 valence electrons. The first-order valence-electron chi connectivity index (χ1n) is 34.3. The Kier molecular flexibility index (Phi) is 22.8. The number of amides is 4. The largest absolute Gasteiger partial charge is 0.384 e. The van der Waals surface area contributed by atoms with Gasteiger partial charge in [-0.05, 0) is 87.4 Å². The Hall–Kier alpha value is -11.0. The van der Waals surface area contributed by atoms with Crippen LogP contribution in [0.25, 0.3) is 87.7 Å². The summed E-state index contributed by atoms with van der Waals surface area (Å²) in [6, 6.07) is 41.2. The highest BCUT2D eigenvalue weighted by Gasteiger charge is 2.22. The number of methoxy groups -OCH3 is 2. The van der Waals surface area contributed by atoms with Gasteiger partial charge in [0.05, 0.1) is 87.8 Å². The second-order valence-corrected chi connectivity index (χ2v) is 24.5. The van der Waals surface area contributed by atoms with Crippen molar-refractivity contribution in [2.24, 2.45) is 0 Å².